The van der Waals surface area contributed by atoms with E-state index in [-0.39, 0.29) is 11.4 Å². The molecule has 0 bridgehead atoms. The number of carbonyl (C=O) groups is 1. The summed E-state index contributed by atoms with van der Waals surface area (Å²) in [6.45, 7) is 6.79. The van der Waals surface area contributed by atoms with E-state index in [1.165, 1.54) is 25.0 Å². The summed E-state index contributed by atoms with van der Waals surface area (Å²) in [4.78, 5) is 16.1. The second-order valence-corrected chi connectivity index (χ2v) is 8.98. The maximum absolute atomic E-state index is 13.9. The first-order chi connectivity index (χ1) is 13.2. The molecule has 0 unspecified atom stereocenters. The van der Waals surface area contributed by atoms with Crippen LogP contribution in [0.5, 0.6) is 0 Å². The molecule has 1 aromatic carbocycles. The first-order valence-electron chi connectivity index (χ1n) is 10.2. The summed E-state index contributed by atoms with van der Waals surface area (Å²) in [6.07, 6.45) is 5.48. The average Bonchev–Trinajstić information content (AvgIpc) is 3.49. The average molecular weight is 395 g/mol. The van der Waals surface area contributed by atoms with Crippen LogP contribution < -0.4 is 0 Å². The van der Waals surface area contributed by atoms with Crippen LogP contribution in [0.15, 0.2) is 18.2 Å². The molecule has 2 aliphatic rings. The van der Waals surface area contributed by atoms with Crippen molar-refractivity contribution in [3.63, 3.8) is 0 Å². The molecule has 0 aromatic heterocycles. The summed E-state index contributed by atoms with van der Waals surface area (Å²) in [5.41, 5.74) is -0.733. The number of hydrogen-bond acceptors (Lipinski definition) is 4. The molecule has 1 aliphatic heterocycles. The normalized spacial score (nSPS) is 20.5. The predicted molar refractivity (Wildman–Crippen MR) is 105 cm³/mol. The molecule has 1 aliphatic carbocycles. The maximum atomic E-state index is 13.9. The topological polar surface area (TPSA) is 32.8 Å². The number of aldehydes is 1. The van der Waals surface area contributed by atoms with Crippen molar-refractivity contribution in [2.45, 2.75) is 63.2 Å². The van der Waals surface area contributed by atoms with E-state index in [1.54, 1.807) is 0 Å². The van der Waals surface area contributed by atoms with Gasteiger partial charge in [-0.25, -0.2) is 8.78 Å². The highest BCUT2D eigenvalue weighted by Crippen LogP contribution is 2.35. The lowest BCUT2D eigenvalue weighted by Crippen LogP contribution is -2.55. The third kappa shape index (κ3) is 5.58. The Morgan fingerprint density at radius 3 is 2.57 bits per heavy atom. The first kappa shape index (κ1) is 21.3. The zero-order valence-electron chi connectivity index (χ0n) is 17.2. The highest BCUT2D eigenvalue weighted by Gasteiger charge is 2.42. The zero-order chi connectivity index (χ0) is 20.4. The SMILES string of the molecule is CN(CC1(OC(C)(C)C=O)CCN(CCc2cc(F)ccc2F)CC1)C1CC1. The number of hydrogen-bond donors (Lipinski definition) is 0. The molecule has 1 saturated carbocycles. The van der Waals surface area contributed by atoms with Crippen LogP contribution in [-0.4, -0.2) is 66.6 Å². The van der Waals surface area contributed by atoms with Crippen molar-refractivity contribution < 1.29 is 18.3 Å². The van der Waals surface area contributed by atoms with E-state index in [0.29, 0.717) is 24.6 Å². The van der Waals surface area contributed by atoms with Crippen LogP contribution in [-0.2, 0) is 16.0 Å². The van der Waals surface area contributed by atoms with Gasteiger partial charge in [-0.15, -0.1) is 0 Å². The second kappa shape index (κ2) is 8.56. The van der Waals surface area contributed by atoms with Crippen LogP contribution in [0.4, 0.5) is 8.78 Å². The van der Waals surface area contributed by atoms with Gasteiger partial charge < -0.3 is 19.3 Å². The Kier molecular flexibility index (Phi) is 6.52. The van der Waals surface area contributed by atoms with Crippen molar-refractivity contribution in [2.24, 2.45) is 0 Å². The van der Waals surface area contributed by atoms with E-state index in [9.17, 15) is 13.6 Å². The molecule has 1 heterocycles. The van der Waals surface area contributed by atoms with Gasteiger partial charge >= 0.3 is 0 Å². The molecule has 2 fully saturated rings. The third-order valence-electron chi connectivity index (χ3n) is 5.94. The van der Waals surface area contributed by atoms with Gasteiger partial charge in [-0.1, -0.05) is 0 Å². The summed E-state index contributed by atoms with van der Waals surface area (Å²) in [7, 11) is 2.13. The highest BCUT2D eigenvalue weighted by molar-refractivity contribution is 5.60. The second-order valence-electron chi connectivity index (χ2n) is 8.98. The largest absolute Gasteiger partial charge is 0.360 e. The van der Waals surface area contributed by atoms with Gasteiger partial charge in [0.25, 0.3) is 0 Å². The smallest absolute Gasteiger partial charge is 0.151 e. The summed E-state index contributed by atoms with van der Waals surface area (Å²) < 4.78 is 33.6. The molecule has 0 atom stereocenters. The zero-order valence-corrected chi connectivity index (χ0v) is 17.2. The minimum Gasteiger partial charge on any atom is -0.360 e. The van der Waals surface area contributed by atoms with Crippen molar-refractivity contribution in [1.29, 1.82) is 0 Å². The molecule has 0 radical (unpaired) electrons. The van der Waals surface area contributed by atoms with E-state index >= 15 is 0 Å². The number of ether oxygens (including phenoxy) is 1. The lowest BCUT2D eigenvalue weighted by atomic mass is 9.89. The molecule has 28 heavy (non-hydrogen) atoms. The molecule has 4 nitrogen and oxygen atoms in total. The molecule has 1 aromatic rings. The molecule has 0 amide bonds. The van der Waals surface area contributed by atoms with Gasteiger partial charge in [-0.2, -0.15) is 0 Å². The molecule has 1 saturated heterocycles. The van der Waals surface area contributed by atoms with E-state index < -0.39 is 11.4 Å². The Morgan fingerprint density at radius 1 is 1.29 bits per heavy atom. The van der Waals surface area contributed by atoms with Crippen molar-refractivity contribution in [2.75, 3.05) is 33.2 Å². The van der Waals surface area contributed by atoms with Crippen molar-refractivity contribution >= 4 is 6.29 Å². The summed E-state index contributed by atoms with van der Waals surface area (Å²) in [6, 6.07) is 4.25. The number of likely N-dealkylation sites (tertiary alicyclic amines) is 1. The standard InChI is InChI=1S/C22H32F2N2O2/c1-21(2,16-27)28-22(15-25(3)19-5-6-19)9-12-26(13-10-22)11-8-17-14-18(23)4-7-20(17)24/h4,7,14,16,19H,5-6,8-13,15H2,1-3H3. The Labute approximate surface area is 166 Å². The van der Waals surface area contributed by atoms with Gasteiger partial charge in [0, 0.05) is 32.2 Å². The Balaban J connectivity index is 1.59. The lowest BCUT2D eigenvalue weighted by Gasteiger charge is -2.46. The van der Waals surface area contributed by atoms with E-state index in [0.717, 1.165) is 44.8 Å². The number of carbonyl (C=O) groups excluding carboxylic acids is 1. The number of piperidine rings is 1. The Bertz CT molecular complexity index is 683. The minimum atomic E-state index is -0.808. The number of benzene rings is 1. The van der Waals surface area contributed by atoms with Crippen LogP contribution in [0.3, 0.4) is 0 Å². The predicted octanol–water partition coefficient (Wildman–Crippen LogP) is 3.43. The summed E-state index contributed by atoms with van der Waals surface area (Å²) in [5.74, 6) is -0.753. The molecule has 0 N–H and O–H groups in total. The van der Waals surface area contributed by atoms with E-state index in [2.05, 4.69) is 16.8 Å². The van der Waals surface area contributed by atoms with Crippen LogP contribution in [0.25, 0.3) is 0 Å². The fourth-order valence-electron chi connectivity index (χ4n) is 4.17. The number of nitrogens with zero attached hydrogens (tertiary/aromatic N) is 2. The molecule has 0 spiro atoms. The quantitative estimate of drug-likeness (QED) is 0.601. The number of halogens is 2. The number of rotatable bonds is 9. The van der Waals surface area contributed by atoms with Crippen LogP contribution in [0, 0.1) is 11.6 Å². The van der Waals surface area contributed by atoms with Gasteiger partial charge in [-0.3, -0.25) is 0 Å². The summed E-state index contributed by atoms with van der Waals surface area (Å²) in [5, 5.41) is 0. The number of likely N-dealkylation sites (N-methyl/N-ethyl adjacent to an activating group) is 1. The minimum absolute atomic E-state index is 0.345. The van der Waals surface area contributed by atoms with Crippen molar-refractivity contribution in [1.82, 2.24) is 9.80 Å². The fraction of sp³-hybridized carbons (Fsp3) is 0.682. The van der Waals surface area contributed by atoms with Gasteiger partial charge in [0.2, 0.25) is 0 Å². The van der Waals surface area contributed by atoms with E-state index in [1.807, 2.05) is 13.8 Å². The Hall–Kier alpha value is -1.37. The van der Waals surface area contributed by atoms with Gasteiger partial charge in [-0.05, 0) is 76.8 Å². The van der Waals surface area contributed by atoms with Crippen LogP contribution in [0.2, 0.25) is 0 Å². The van der Waals surface area contributed by atoms with Gasteiger partial charge in [0.05, 0.1) is 5.60 Å². The molecule has 156 valence electrons. The van der Waals surface area contributed by atoms with Crippen LogP contribution in [0.1, 0.15) is 45.1 Å². The highest BCUT2D eigenvalue weighted by atomic mass is 19.1. The lowest BCUT2D eigenvalue weighted by molar-refractivity contribution is -0.173. The van der Waals surface area contributed by atoms with Gasteiger partial charge in [0.1, 0.15) is 17.2 Å². The summed E-state index contributed by atoms with van der Waals surface area (Å²) >= 11 is 0. The molecule has 3 rings (SSSR count). The van der Waals surface area contributed by atoms with Crippen LogP contribution >= 0.6 is 0 Å². The molecule has 6 heteroatoms. The molecular formula is C22H32F2N2O2. The third-order valence-corrected chi connectivity index (χ3v) is 5.94. The molecular weight excluding hydrogens is 362 g/mol. The maximum Gasteiger partial charge on any atom is 0.151 e. The fourth-order valence-corrected chi connectivity index (χ4v) is 4.17. The monoisotopic (exact) mass is 394 g/mol. The first-order valence-corrected chi connectivity index (χ1v) is 10.2. The Morgan fingerprint density at radius 2 is 1.96 bits per heavy atom. The van der Waals surface area contributed by atoms with Crippen molar-refractivity contribution in [3.8, 4) is 0 Å². The van der Waals surface area contributed by atoms with Crippen molar-refractivity contribution in [3.05, 3.63) is 35.4 Å². The van der Waals surface area contributed by atoms with E-state index in [4.69, 9.17) is 4.74 Å². The van der Waals surface area contributed by atoms with Gasteiger partial charge in [0.15, 0.2) is 6.29 Å².